The molecule has 0 radical (unpaired) electrons. The lowest BCUT2D eigenvalue weighted by Crippen LogP contribution is -2.52. The number of hydrogen-bond acceptors (Lipinski definition) is 8. The van der Waals surface area contributed by atoms with Crippen molar-refractivity contribution in [1.29, 1.82) is 5.26 Å². The minimum atomic E-state index is -0.675. The van der Waals surface area contributed by atoms with Crippen LogP contribution in [0.25, 0.3) is 0 Å². The van der Waals surface area contributed by atoms with E-state index in [1.54, 1.807) is 42.1 Å². The second-order valence-corrected chi connectivity index (χ2v) is 11.9. The van der Waals surface area contributed by atoms with E-state index in [0.29, 0.717) is 34.2 Å². The Morgan fingerprint density at radius 2 is 1.93 bits per heavy atom. The number of nitrogens with zero attached hydrogens (tertiary/aromatic N) is 4. The zero-order valence-corrected chi connectivity index (χ0v) is 23.5. The zero-order valence-electron chi connectivity index (χ0n) is 22.7. The van der Waals surface area contributed by atoms with Crippen LogP contribution in [-0.2, 0) is 22.7 Å². The Labute approximate surface area is 246 Å². The van der Waals surface area contributed by atoms with Gasteiger partial charge in [-0.25, -0.2) is 4.39 Å². The van der Waals surface area contributed by atoms with E-state index < -0.39 is 11.9 Å². The first-order chi connectivity index (χ1) is 20.4. The summed E-state index contributed by atoms with van der Waals surface area (Å²) in [6.07, 6.45) is 4.16. The van der Waals surface area contributed by atoms with Crippen molar-refractivity contribution in [1.82, 2.24) is 15.2 Å². The number of fused-ring (bicyclic) bond motifs is 1. The Morgan fingerprint density at radius 3 is 2.64 bits per heavy atom. The molecule has 1 atom stereocenters. The Morgan fingerprint density at radius 1 is 1.10 bits per heavy atom. The minimum absolute atomic E-state index is 0.206. The van der Waals surface area contributed by atoms with Crippen LogP contribution in [0.15, 0.2) is 59.6 Å². The molecule has 3 aliphatic rings. The predicted molar refractivity (Wildman–Crippen MR) is 153 cm³/mol. The number of carbonyl (C=O) groups is 3. The number of halogens is 1. The number of piperidine rings is 2. The smallest absolute Gasteiger partial charge is 0.255 e. The third-order valence-corrected chi connectivity index (χ3v) is 9.19. The van der Waals surface area contributed by atoms with Gasteiger partial charge in [0.25, 0.3) is 5.91 Å². The molecule has 3 aromatic rings. The molecule has 1 aromatic heterocycles. The maximum atomic E-state index is 14.4. The van der Waals surface area contributed by atoms with E-state index in [1.807, 2.05) is 29.3 Å². The van der Waals surface area contributed by atoms with E-state index >= 15 is 0 Å². The Balaban J connectivity index is 1.02. The van der Waals surface area contributed by atoms with E-state index in [1.165, 1.54) is 11.0 Å². The van der Waals surface area contributed by atoms with Crippen molar-refractivity contribution in [3.8, 4) is 11.8 Å². The van der Waals surface area contributed by atoms with E-state index in [4.69, 9.17) is 10.00 Å². The van der Waals surface area contributed by atoms with Crippen molar-refractivity contribution in [2.45, 2.75) is 55.0 Å². The molecule has 4 heterocycles. The van der Waals surface area contributed by atoms with Crippen molar-refractivity contribution in [3.05, 3.63) is 82.9 Å². The third-order valence-electron chi connectivity index (χ3n) is 7.87. The average molecular weight is 586 g/mol. The molecule has 0 unspecified atom stereocenters. The molecule has 1 N–H and O–H groups in total. The molecule has 6 rings (SSSR count). The highest BCUT2D eigenvalue weighted by molar-refractivity contribution is 8.00. The number of aromatic nitrogens is 1. The van der Waals surface area contributed by atoms with Crippen LogP contribution in [0.5, 0.6) is 5.75 Å². The summed E-state index contributed by atoms with van der Waals surface area (Å²) in [7, 11) is 0. The molecular formula is C31H28FN5O4S. The number of thioether (sulfide) groups is 1. The summed E-state index contributed by atoms with van der Waals surface area (Å²) in [5, 5.41) is 11.7. The van der Waals surface area contributed by atoms with Crippen molar-refractivity contribution < 1.29 is 23.5 Å². The summed E-state index contributed by atoms with van der Waals surface area (Å²) in [5.74, 6) is -0.787. The second kappa shape index (κ2) is 11.8. The number of nitriles is 1. The number of benzene rings is 2. The molecule has 0 spiro atoms. The molecule has 0 aliphatic carbocycles. The van der Waals surface area contributed by atoms with Gasteiger partial charge in [-0.3, -0.25) is 24.7 Å². The van der Waals surface area contributed by atoms with Crippen molar-refractivity contribution >= 4 is 35.2 Å². The molecule has 2 saturated heterocycles. The highest BCUT2D eigenvalue weighted by atomic mass is 32.2. The SMILES string of the molecule is N#Cc1ccc(N2CCC(Sc3ccc(COc4cccc5c4CN([C@H]4CCC(=O)NC4=O)C5=O)nc3)CC2)c(F)c1. The number of carbonyl (C=O) groups excluding carboxylic acids is 3. The monoisotopic (exact) mass is 585 g/mol. The fourth-order valence-corrected chi connectivity index (χ4v) is 6.74. The quantitative estimate of drug-likeness (QED) is 0.411. The zero-order chi connectivity index (χ0) is 29.2. The second-order valence-electron chi connectivity index (χ2n) is 10.5. The lowest BCUT2D eigenvalue weighted by Gasteiger charge is -2.33. The van der Waals surface area contributed by atoms with Gasteiger partial charge in [-0.2, -0.15) is 5.26 Å². The van der Waals surface area contributed by atoms with Crippen LogP contribution < -0.4 is 15.0 Å². The summed E-state index contributed by atoms with van der Waals surface area (Å²) >= 11 is 1.76. The Hall–Kier alpha value is -4.43. The number of pyridine rings is 1. The van der Waals surface area contributed by atoms with Crippen molar-refractivity contribution in [3.63, 3.8) is 0 Å². The number of ether oxygens (including phenoxy) is 1. The van der Waals surface area contributed by atoms with Gasteiger partial charge in [0.15, 0.2) is 0 Å². The highest BCUT2D eigenvalue weighted by Gasteiger charge is 2.40. The number of nitrogens with one attached hydrogen (secondary N) is 1. The Kier molecular flexibility index (Phi) is 7.80. The summed E-state index contributed by atoms with van der Waals surface area (Å²) in [4.78, 5) is 46.1. The maximum Gasteiger partial charge on any atom is 0.255 e. The molecule has 3 aliphatic heterocycles. The number of hydrogen-bond donors (Lipinski definition) is 1. The summed E-state index contributed by atoms with van der Waals surface area (Å²) < 4.78 is 20.5. The molecule has 0 saturated carbocycles. The van der Waals surface area contributed by atoms with Crippen LogP contribution in [0.4, 0.5) is 10.1 Å². The van der Waals surface area contributed by atoms with Crippen LogP contribution in [-0.4, -0.2) is 52.0 Å². The number of rotatable bonds is 7. The first-order valence-corrected chi connectivity index (χ1v) is 14.7. The molecule has 11 heteroatoms. The predicted octanol–water partition coefficient (Wildman–Crippen LogP) is 4.19. The van der Waals surface area contributed by atoms with Crippen LogP contribution in [0.1, 0.15) is 52.9 Å². The maximum absolute atomic E-state index is 14.4. The van der Waals surface area contributed by atoms with Crippen LogP contribution in [0, 0.1) is 17.1 Å². The largest absolute Gasteiger partial charge is 0.487 e. The topological polar surface area (TPSA) is 116 Å². The van der Waals surface area contributed by atoms with Gasteiger partial charge in [-0.15, -0.1) is 11.8 Å². The minimum Gasteiger partial charge on any atom is -0.487 e. The molecule has 2 fully saturated rings. The molecule has 42 heavy (non-hydrogen) atoms. The fourth-order valence-electron chi connectivity index (χ4n) is 5.65. The number of imide groups is 1. The summed E-state index contributed by atoms with van der Waals surface area (Å²) in [6.45, 7) is 1.95. The van der Waals surface area contributed by atoms with Gasteiger partial charge in [0.05, 0.1) is 29.6 Å². The molecule has 0 bridgehead atoms. The first-order valence-electron chi connectivity index (χ1n) is 13.8. The lowest BCUT2D eigenvalue weighted by molar-refractivity contribution is -0.136. The molecular weight excluding hydrogens is 557 g/mol. The van der Waals surface area contributed by atoms with E-state index in [-0.39, 0.29) is 37.2 Å². The van der Waals surface area contributed by atoms with E-state index in [9.17, 15) is 18.8 Å². The van der Waals surface area contributed by atoms with Crippen molar-refractivity contribution in [2.24, 2.45) is 0 Å². The van der Waals surface area contributed by atoms with Gasteiger partial charge in [0.2, 0.25) is 11.8 Å². The number of anilines is 1. The van der Waals surface area contributed by atoms with Gasteiger partial charge < -0.3 is 14.5 Å². The van der Waals surface area contributed by atoms with Gasteiger partial charge >= 0.3 is 0 Å². The van der Waals surface area contributed by atoms with Crippen LogP contribution >= 0.6 is 11.8 Å². The molecule has 9 nitrogen and oxygen atoms in total. The first kappa shape index (κ1) is 27.7. The average Bonchev–Trinajstić information content (AvgIpc) is 3.33. The molecule has 3 amide bonds. The van der Waals surface area contributed by atoms with E-state index in [2.05, 4.69) is 10.3 Å². The van der Waals surface area contributed by atoms with Gasteiger partial charge in [0.1, 0.15) is 24.2 Å². The van der Waals surface area contributed by atoms with Crippen LogP contribution in [0.3, 0.4) is 0 Å². The third kappa shape index (κ3) is 5.67. The van der Waals surface area contributed by atoms with E-state index in [0.717, 1.165) is 42.1 Å². The lowest BCUT2D eigenvalue weighted by atomic mass is 10.0. The fraction of sp³-hybridized carbons (Fsp3) is 0.323. The van der Waals surface area contributed by atoms with Gasteiger partial charge in [-0.05, 0) is 61.7 Å². The molecule has 2 aromatic carbocycles. The van der Waals surface area contributed by atoms with Gasteiger partial charge in [-0.1, -0.05) is 6.07 Å². The Bertz CT molecular complexity index is 1580. The van der Waals surface area contributed by atoms with Crippen molar-refractivity contribution in [2.75, 3.05) is 18.0 Å². The normalized spacial score (nSPS) is 19.0. The standard InChI is InChI=1S/C31H28FN5O4S/c32-25-14-19(15-33)4-7-26(25)36-12-10-21(11-13-36)42-22-6-5-20(34-16-22)18-41-28-3-1-2-23-24(28)17-37(31(23)40)27-8-9-29(38)35-30(27)39/h1-7,14,16,21,27H,8-13,17-18H2,(H,35,38,39)/t27-/m0/s1. The van der Waals surface area contributed by atoms with Gasteiger partial charge in [0, 0.05) is 47.0 Å². The molecule has 214 valence electrons. The summed E-state index contributed by atoms with van der Waals surface area (Å²) in [6, 6.07) is 15.1. The summed E-state index contributed by atoms with van der Waals surface area (Å²) in [5.41, 5.74) is 2.84. The number of amides is 3. The van der Waals surface area contributed by atoms with Crippen LogP contribution in [0.2, 0.25) is 0 Å². The highest BCUT2D eigenvalue weighted by Crippen LogP contribution is 2.35.